The van der Waals surface area contributed by atoms with E-state index < -0.39 is 7.92 Å². The molecule has 1 aliphatic rings. The first-order chi connectivity index (χ1) is 26.2. The largest absolute Gasteiger partial charge is 0.497 e. The monoisotopic (exact) mass is 756 g/mol. The molecule has 1 saturated heterocycles. The number of hydrogen-bond acceptors (Lipinski definition) is 5. The summed E-state index contributed by atoms with van der Waals surface area (Å²) >= 11 is 0. The molecule has 0 N–H and O–H groups in total. The zero-order valence-corrected chi connectivity index (χ0v) is 36.1. The van der Waals surface area contributed by atoms with Gasteiger partial charge in [0, 0.05) is 36.3 Å². The fourth-order valence-electron chi connectivity index (χ4n) is 8.87. The summed E-state index contributed by atoms with van der Waals surface area (Å²) in [5.41, 5.74) is 20.0. The Balaban J connectivity index is 1.84. The first kappa shape index (κ1) is 40.1. The van der Waals surface area contributed by atoms with Crippen LogP contribution in [0.15, 0.2) is 54.6 Å². The lowest BCUT2D eigenvalue weighted by atomic mass is 9.83. The van der Waals surface area contributed by atoms with Crippen molar-refractivity contribution in [1.29, 1.82) is 0 Å². The van der Waals surface area contributed by atoms with Crippen LogP contribution in [-0.2, 0) is 4.79 Å². The maximum atomic E-state index is 14.3. The molecule has 0 spiro atoms. The third kappa shape index (κ3) is 7.06. The summed E-state index contributed by atoms with van der Waals surface area (Å²) in [5, 5.41) is 1.33. The van der Waals surface area contributed by atoms with Crippen LogP contribution in [0.5, 0.6) is 23.0 Å². The quantitative estimate of drug-likeness (QED) is 0.140. The third-order valence-corrected chi connectivity index (χ3v) is 16.2. The predicted octanol–water partition coefficient (Wildman–Crippen LogP) is 12.1. The Morgan fingerprint density at radius 1 is 0.455 bits per heavy atom. The van der Waals surface area contributed by atoms with E-state index >= 15 is 0 Å². The Morgan fingerprint density at radius 2 is 0.745 bits per heavy atom. The molecular formula is C49H57O5P. The van der Waals surface area contributed by atoms with Crippen LogP contribution in [0.3, 0.4) is 0 Å². The highest BCUT2D eigenvalue weighted by molar-refractivity contribution is 7.67. The van der Waals surface area contributed by atoms with Gasteiger partial charge in [0.25, 0.3) is 0 Å². The van der Waals surface area contributed by atoms with Gasteiger partial charge >= 0.3 is 0 Å². The van der Waals surface area contributed by atoms with Crippen molar-refractivity contribution in [3.05, 3.63) is 121 Å². The van der Waals surface area contributed by atoms with Crippen molar-refractivity contribution in [2.45, 2.75) is 93.4 Å². The molecule has 2 unspecified atom stereocenters. The summed E-state index contributed by atoms with van der Waals surface area (Å²) in [5.74, 6) is 3.08. The molecule has 6 rings (SSSR count). The number of benzene rings is 5. The molecule has 5 aromatic rings. The summed E-state index contributed by atoms with van der Waals surface area (Å²) in [4.78, 5) is 14.3. The second-order valence-electron chi connectivity index (χ2n) is 15.4. The number of methoxy groups -OCH3 is 4. The predicted molar refractivity (Wildman–Crippen MR) is 230 cm³/mol. The topological polar surface area (TPSA) is 54.0 Å². The molecule has 0 aliphatic carbocycles. The van der Waals surface area contributed by atoms with Crippen molar-refractivity contribution >= 4 is 19.0 Å². The van der Waals surface area contributed by atoms with Crippen LogP contribution in [0.1, 0.15) is 90.9 Å². The third-order valence-electron chi connectivity index (χ3n) is 12.9. The molecule has 5 nitrogen and oxygen atoms in total. The summed E-state index contributed by atoms with van der Waals surface area (Å²) in [7, 11) is 5.57. The zero-order chi connectivity index (χ0) is 40.0. The molecule has 288 valence electrons. The minimum atomic E-state index is -1.18. The lowest BCUT2D eigenvalue weighted by molar-refractivity contribution is -0.119. The van der Waals surface area contributed by atoms with Gasteiger partial charge < -0.3 is 18.9 Å². The number of Topliss-reactive ketones (excluding diaryl/α,β-unsaturated/α-hetero) is 1. The Labute approximate surface area is 330 Å². The molecule has 0 radical (unpaired) electrons. The molecule has 2 atom stereocenters. The van der Waals surface area contributed by atoms with Gasteiger partial charge in [0.1, 0.15) is 28.8 Å². The van der Waals surface area contributed by atoms with Gasteiger partial charge in [-0.15, -0.1) is 0 Å². The normalized spacial score (nSPS) is 17.0. The number of ether oxygens (including phenoxy) is 4. The van der Waals surface area contributed by atoms with E-state index in [2.05, 4.69) is 112 Å². The minimum absolute atomic E-state index is 0.135. The molecule has 0 aromatic heterocycles. The Kier molecular flexibility index (Phi) is 11.6. The lowest BCUT2D eigenvalue weighted by Crippen LogP contribution is -2.26. The molecule has 5 aromatic carbocycles. The van der Waals surface area contributed by atoms with E-state index in [1.54, 1.807) is 28.4 Å². The lowest BCUT2D eigenvalue weighted by Gasteiger charge is -2.42. The Morgan fingerprint density at radius 3 is 1.04 bits per heavy atom. The molecule has 0 saturated carbocycles. The second kappa shape index (κ2) is 15.9. The fourth-order valence-corrected chi connectivity index (χ4v) is 12.6. The minimum Gasteiger partial charge on any atom is -0.497 e. The van der Waals surface area contributed by atoms with Crippen molar-refractivity contribution < 1.29 is 23.7 Å². The van der Waals surface area contributed by atoms with Gasteiger partial charge in [0.2, 0.25) is 0 Å². The van der Waals surface area contributed by atoms with E-state index in [0.717, 1.165) is 11.1 Å². The molecule has 55 heavy (non-hydrogen) atoms. The number of rotatable bonds is 9. The van der Waals surface area contributed by atoms with Crippen LogP contribution < -0.4 is 24.3 Å². The van der Waals surface area contributed by atoms with Gasteiger partial charge in [0.15, 0.2) is 0 Å². The fraction of sp³-hybridized carbons (Fsp3) is 0.367. The zero-order valence-electron chi connectivity index (χ0n) is 35.3. The van der Waals surface area contributed by atoms with E-state index in [4.69, 9.17) is 18.9 Å². The molecule has 1 aliphatic heterocycles. The summed E-state index contributed by atoms with van der Waals surface area (Å²) in [6.07, 6.45) is 0.836. The van der Waals surface area contributed by atoms with Gasteiger partial charge in [0.05, 0.1) is 28.4 Å². The van der Waals surface area contributed by atoms with Crippen molar-refractivity contribution in [3.63, 3.8) is 0 Å². The SMILES string of the molecule is COc1cc(OC)cc(C2CC(=O)CC(c3cc(OC)cc(OC)c3)P2c2c(-c3c(C)c(C)c(C)c(C)c3C)cccc2-c2c(C)c(C)c(C)c(C)c2C)c1. The standard InChI is InChI=1S/C49H57O5P/c1-26-28(3)32(7)47(33(8)29(26)4)43-16-15-17-44(48-34(9)30(5)27(2)31(6)35(48)10)49(43)55-45(36-18-39(51-11)24-40(19-36)52-12)22-38(50)23-46(55)37-20-41(53-13)25-42(21-37)54-14/h15-21,24-25,45-46H,22-23H2,1-14H3. The van der Waals surface area contributed by atoms with Gasteiger partial charge in [-0.3, -0.25) is 4.79 Å². The van der Waals surface area contributed by atoms with E-state index in [1.165, 1.54) is 83.2 Å². The molecular weight excluding hydrogens is 700 g/mol. The Hall–Kier alpha value is -4.60. The molecule has 1 fully saturated rings. The summed E-state index contributed by atoms with van der Waals surface area (Å²) < 4.78 is 23.4. The summed E-state index contributed by atoms with van der Waals surface area (Å²) in [6.45, 7) is 22.6. The number of carbonyl (C=O) groups is 1. The van der Waals surface area contributed by atoms with Crippen LogP contribution >= 0.6 is 7.92 Å². The first-order valence-corrected chi connectivity index (χ1v) is 20.7. The summed E-state index contributed by atoms with van der Waals surface area (Å²) in [6, 6.07) is 19.2. The molecule has 0 amide bonds. The Bertz CT molecular complexity index is 2060. The molecule has 1 heterocycles. The van der Waals surface area contributed by atoms with Gasteiger partial charge in [-0.1, -0.05) is 26.1 Å². The van der Waals surface area contributed by atoms with E-state index in [0.29, 0.717) is 35.8 Å². The van der Waals surface area contributed by atoms with Crippen molar-refractivity contribution in [2.75, 3.05) is 28.4 Å². The van der Waals surface area contributed by atoms with Crippen LogP contribution in [0.2, 0.25) is 0 Å². The average molecular weight is 757 g/mol. The average Bonchev–Trinajstić information content (AvgIpc) is 3.20. The number of carbonyl (C=O) groups excluding carboxylic acids is 1. The highest BCUT2D eigenvalue weighted by Crippen LogP contribution is 2.69. The van der Waals surface area contributed by atoms with Crippen LogP contribution in [0.4, 0.5) is 0 Å². The smallest absolute Gasteiger partial charge is 0.134 e. The maximum Gasteiger partial charge on any atom is 0.134 e. The van der Waals surface area contributed by atoms with Crippen LogP contribution in [0.25, 0.3) is 22.3 Å². The molecule has 0 bridgehead atoms. The van der Waals surface area contributed by atoms with E-state index in [9.17, 15) is 4.79 Å². The molecule has 6 heteroatoms. The van der Waals surface area contributed by atoms with Crippen LogP contribution in [0, 0.1) is 69.2 Å². The highest BCUT2D eigenvalue weighted by Gasteiger charge is 2.43. The van der Waals surface area contributed by atoms with Gasteiger partial charge in [-0.05, 0) is 188 Å². The van der Waals surface area contributed by atoms with Gasteiger partial charge in [-0.2, -0.15) is 0 Å². The second-order valence-corrected chi connectivity index (χ2v) is 17.9. The first-order valence-electron chi connectivity index (χ1n) is 19.2. The van der Waals surface area contributed by atoms with Crippen molar-refractivity contribution in [1.82, 2.24) is 0 Å². The number of hydrogen-bond donors (Lipinski definition) is 0. The highest BCUT2D eigenvalue weighted by atomic mass is 31.1. The van der Waals surface area contributed by atoms with Gasteiger partial charge in [-0.25, -0.2) is 0 Å². The van der Waals surface area contributed by atoms with Crippen LogP contribution in [-0.4, -0.2) is 34.2 Å². The van der Waals surface area contributed by atoms with Crippen molar-refractivity contribution in [2.24, 2.45) is 0 Å². The van der Waals surface area contributed by atoms with E-state index in [-0.39, 0.29) is 17.1 Å². The number of ketones is 1. The van der Waals surface area contributed by atoms with Crippen molar-refractivity contribution in [3.8, 4) is 45.3 Å². The maximum absolute atomic E-state index is 14.3. The van der Waals surface area contributed by atoms with E-state index in [1.807, 2.05) is 12.1 Å².